The number of carbonyl (C=O) groups is 1. The number of ether oxygens (including phenoxy) is 1. The van der Waals surface area contributed by atoms with Gasteiger partial charge >= 0.3 is 0 Å². The van der Waals surface area contributed by atoms with Gasteiger partial charge < -0.3 is 15.4 Å². The van der Waals surface area contributed by atoms with Crippen LogP contribution in [0.15, 0.2) is 30.3 Å². The molecule has 2 atom stereocenters. The predicted molar refractivity (Wildman–Crippen MR) is 88.9 cm³/mol. The lowest BCUT2D eigenvalue weighted by Gasteiger charge is -2.38. The van der Waals surface area contributed by atoms with Gasteiger partial charge in [-0.2, -0.15) is 0 Å². The van der Waals surface area contributed by atoms with Crippen LogP contribution >= 0.6 is 0 Å². The minimum absolute atomic E-state index is 0.128. The average molecular weight is 305 g/mol. The zero-order chi connectivity index (χ0) is 15.9. The molecule has 22 heavy (non-hydrogen) atoms. The van der Waals surface area contributed by atoms with Gasteiger partial charge in [-0.1, -0.05) is 18.2 Å². The molecular formula is C17H27N3O2. The lowest BCUT2D eigenvalue weighted by Crippen LogP contribution is -2.52. The Labute approximate surface area is 133 Å². The number of nitrogens with two attached hydrogens (primary N) is 1. The second-order valence-electron chi connectivity index (χ2n) is 5.72. The van der Waals surface area contributed by atoms with Crippen molar-refractivity contribution in [1.29, 1.82) is 0 Å². The summed E-state index contributed by atoms with van der Waals surface area (Å²) in [6.45, 7) is 4.51. The van der Waals surface area contributed by atoms with E-state index in [1.54, 1.807) is 7.11 Å². The fourth-order valence-corrected chi connectivity index (χ4v) is 3.10. The third kappa shape index (κ3) is 4.06. The molecule has 1 amide bonds. The summed E-state index contributed by atoms with van der Waals surface area (Å²) in [4.78, 5) is 16.7. The van der Waals surface area contributed by atoms with Gasteiger partial charge in [-0.15, -0.1) is 0 Å². The number of piperidine rings is 1. The Morgan fingerprint density at radius 2 is 2.14 bits per heavy atom. The van der Waals surface area contributed by atoms with E-state index in [2.05, 4.69) is 4.90 Å². The average Bonchev–Trinajstić information content (AvgIpc) is 2.57. The molecule has 2 unspecified atom stereocenters. The number of likely N-dealkylation sites (tertiary alicyclic amines) is 1. The first-order valence-electron chi connectivity index (χ1n) is 8.01. The quantitative estimate of drug-likeness (QED) is 0.865. The van der Waals surface area contributed by atoms with E-state index < -0.39 is 0 Å². The number of anilines is 1. The first-order valence-corrected chi connectivity index (χ1v) is 8.01. The number of carbonyl (C=O) groups excluding carboxylic acids is 1. The number of amides is 1. The van der Waals surface area contributed by atoms with E-state index in [-0.39, 0.29) is 18.1 Å². The maximum absolute atomic E-state index is 12.7. The first-order chi connectivity index (χ1) is 10.7. The Kier molecular flexibility index (Phi) is 6.36. The molecule has 0 spiro atoms. The van der Waals surface area contributed by atoms with Crippen LogP contribution < -0.4 is 10.6 Å². The maximum atomic E-state index is 12.7. The van der Waals surface area contributed by atoms with E-state index in [4.69, 9.17) is 10.5 Å². The summed E-state index contributed by atoms with van der Waals surface area (Å²) < 4.78 is 5.44. The molecule has 1 aromatic rings. The molecule has 5 nitrogen and oxygen atoms in total. The van der Waals surface area contributed by atoms with E-state index in [1.165, 1.54) is 0 Å². The van der Waals surface area contributed by atoms with E-state index in [0.29, 0.717) is 19.6 Å². The maximum Gasteiger partial charge on any atom is 0.241 e. The van der Waals surface area contributed by atoms with Crippen LogP contribution in [-0.2, 0) is 9.53 Å². The third-order valence-corrected chi connectivity index (χ3v) is 4.42. The van der Waals surface area contributed by atoms with Crippen molar-refractivity contribution in [1.82, 2.24) is 4.90 Å². The van der Waals surface area contributed by atoms with Crippen LogP contribution in [0.4, 0.5) is 5.69 Å². The molecule has 1 aliphatic heterocycles. The van der Waals surface area contributed by atoms with Gasteiger partial charge in [0.25, 0.3) is 0 Å². The number of hydrogen-bond donors (Lipinski definition) is 1. The highest BCUT2D eigenvalue weighted by Crippen LogP contribution is 2.20. The molecule has 1 heterocycles. The molecule has 0 aliphatic carbocycles. The van der Waals surface area contributed by atoms with Crippen molar-refractivity contribution in [3.05, 3.63) is 30.3 Å². The van der Waals surface area contributed by atoms with E-state index in [0.717, 1.165) is 25.1 Å². The summed E-state index contributed by atoms with van der Waals surface area (Å²) in [5, 5.41) is 0. The normalized spacial score (nSPS) is 22.5. The molecule has 5 heteroatoms. The number of rotatable bonds is 6. The molecule has 2 rings (SSSR count). The highest BCUT2D eigenvalue weighted by molar-refractivity contribution is 5.94. The van der Waals surface area contributed by atoms with Gasteiger partial charge in [0.1, 0.15) is 0 Å². The largest absolute Gasteiger partial charge is 0.381 e. The summed E-state index contributed by atoms with van der Waals surface area (Å²) in [6, 6.07) is 10.0. The minimum atomic E-state index is 0.128. The van der Waals surface area contributed by atoms with E-state index >= 15 is 0 Å². The van der Waals surface area contributed by atoms with Crippen LogP contribution in [-0.4, -0.2) is 56.2 Å². The highest BCUT2D eigenvalue weighted by atomic mass is 16.5. The summed E-state index contributed by atoms with van der Waals surface area (Å²) in [6.07, 6.45) is 2.12. The lowest BCUT2D eigenvalue weighted by atomic mass is 9.99. The van der Waals surface area contributed by atoms with Crippen molar-refractivity contribution in [3.8, 4) is 0 Å². The van der Waals surface area contributed by atoms with Crippen molar-refractivity contribution < 1.29 is 9.53 Å². The Morgan fingerprint density at radius 3 is 2.73 bits per heavy atom. The topological polar surface area (TPSA) is 58.8 Å². The number of likely N-dealkylation sites (N-methyl/N-ethyl adjacent to an activating group) is 1. The predicted octanol–water partition coefficient (Wildman–Crippen LogP) is 1.48. The van der Waals surface area contributed by atoms with Gasteiger partial charge in [0, 0.05) is 38.5 Å². The molecule has 2 N–H and O–H groups in total. The van der Waals surface area contributed by atoms with Gasteiger partial charge in [-0.3, -0.25) is 9.69 Å². The van der Waals surface area contributed by atoms with Crippen LogP contribution in [0.25, 0.3) is 0 Å². The number of benzene rings is 1. The summed E-state index contributed by atoms with van der Waals surface area (Å²) in [5.74, 6) is 0.128. The molecule has 1 fully saturated rings. The van der Waals surface area contributed by atoms with Crippen molar-refractivity contribution in [2.45, 2.75) is 31.9 Å². The minimum Gasteiger partial charge on any atom is -0.381 e. The Balaban J connectivity index is 2.00. The Morgan fingerprint density at radius 1 is 1.41 bits per heavy atom. The van der Waals surface area contributed by atoms with Crippen molar-refractivity contribution in [2.24, 2.45) is 5.73 Å². The SMILES string of the molecule is CCN(C(=O)CN1CCC(OC)CC1CN)c1ccccc1. The molecule has 0 aromatic heterocycles. The van der Waals surface area contributed by atoms with E-state index in [1.807, 2.05) is 42.2 Å². The number of methoxy groups -OCH3 is 1. The number of para-hydroxylation sites is 1. The molecule has 0 bridgehead atoms. The van der Waals surface area contributed by atoms with Crippen molar-refractivity contribution in [3.63, 3.8) is 0 Å². The molecular weight excluding hydrogens is 278 g/mol. The molecule has 1 saturated heterocycles. The Hall–Kier alpha value is -1.43. The van der Waals surface area contributed by atoms with Crippen LogP contribution in [0.2, 0.25) is 0 Å². The molecule has 0 saturated carbocycles. The van der Waals surface area contributed by atoms with E-state index in [9.17, 15) is 4.79 Å². The van der Waals surface area contributed by atoms with Crippen molar-refractivity contribution >= 4 is 11.6 Å². The fourth-order valence-electron chi connectivity index (χ4n) is 3.10. The van der Waals surface area contributed by atoms with Gasteiger partial charge in [-0.25, -0.2) is 0 Å². The summed E-state index contributed by atoms with van der Waals surface area (Å²) >= 11 is 0. The second-order valence-corrected chi connectivity index (χ2v) is 5.72. The Bertz CT molecular complexity index is 466. The smallest absolute Gasteiger partial charge is 0.241 e. The fraction of sp³-hybridized carbons (Fsp3) is 0.588. The van der Waals surface area contributed by atoms with Crippen LogP contribution in [0.5, 0.6) is 0 Å². The van der Waals surface area contributed by atoms with Gasteiger partial charge in [0.15, 0.2) is 0 Å². The number of hydrogen-bond acceptors (Lipinski definition) is 4. The van der Waals surface area contributed by atoms with Gasteiger partial charge in [0.2, 0.25) is 5.91 Å². The monoisotopic (exact) mass is 305 g/mol. The highest BCUT2D eigenvalue weighted by Gasteiger charge is 2.29. The standard InChI is InChI=1S/C17H27N3O2/c1-3-20(14-7-5-4-6-8-14)17(21)13-19-10-9-16(22-2)11-15(19)12-18/h4-8,15-16H,3,9-13,18H2,1-2H3. The zero-order valence-corrected chi connectivity index (χ0v) is 13.6. The third-order valence-electron chi connectivity index (χ3n) is 4.42. The van der Waals surface area contributed by atoms with Crippen molar-refractivity contribution in [2.75, 3.05) is 38.2 Å². The summed E-state index contributed by atoms with van der Waals surface area (Å²) in [5.41, 5.74) is 6.83. The molecule has 1 aromatic carbocycles. The lowest BCUT2D eigenvalue weighted by molar-refractivity contribution is -0.121. The molecule has 122 valence electrons. The molecule has 1 aliphatic rings. The van der Waals surface area contributed by atoms with Crippen LogP contribution in [0.1, 0.15) is 19.8 Å². The molecule has 0 radical (unpaired) electrons. The second kappa shape index (κ2) is 8.27. The van der Waals surface area contributed by atoms with Crippen LogP contribution in [0.3, 0.4) is 0 Å². The number of nitrogens with zero attached hydrogens (tertiary/aromatic N) is 2. The van der Waals surface area contributed by atoms with Gasteiger partial charge in [0.05, 0.1) is 12.6 Å². The van der Waals surface area contributed by atoms with Gasteiger partial charge in [-0.05, 0) is 31.9 Å². The summed E-state index contributed by atoms with van der Waals surface area (Å²) in [7, 11) is 1.74. The zero-order valence-electron chi connectivity index (χ0n) is 13.6. The first kappa shape index (κ1) is 16.9. The van der Waals surface area contributed by atoms with Crippen LogP contribution in [0, 0.1) is 0 Å².